The third kappa shape index (κ3) is 8.47. The van der Waals surface area contributed by atoms with E-state index in [1.165, 1.54) is 0 Å². The first kappa shape index (κ1) is 21.6. The van der Waals surface area contributed by atoms with Crippen LogP contribution in [0.15, 0.2) is 36.5 Å². The molecule has 0 aromatic carbocycles. The number of carbonyl (C=O) groups is 1. The van der Waals surface area contributed by atoms with Crippen molar-refractivity contribution in [3.05, 3.63) is 36.5 Å². The van der Waals surface area contributed by atoms with E-state index in [2.05, 4.69) is 0 Å². The summed E-state index contributed by atoms with van der Waals surface area (Å²) in [5.41, 5.74) is 0. The second kappa shape index (κ2) is 12.0. The largest absolute Gasteiger partial charge is 0.481 e. The topological polar surface area (TPSA) is 98.0 Å². The Hall–Kier alpha value is -1.43. The summed E-state index contributed by atoms with van der Waals surface area (Å²) >= 11 is 0. The minimum Gasteiger partial charge on any atom is -0.481 e. The number of carboxylic acid groups (broad SMARTS) is 1. The molecule has 0 spiro atoms. The van der Waals surface area contributed by atoms with E-state index in [9.17, 15) is 20.1 Å². The van der Waals surface area contributed by atoms with Crippen LogP contribution in [0.4, 0.5) is 0 Å². The van der Waals surface area contributed by atoms with Crippen molar-refractivity contribution in [2.24, 2.45) is 11.8 Å². The van der Waals surface area contributed by atoms with Crippen LogP contribution in [-0.2, 0) is 4.79 Å². The summed E-state index contributed by atoms with van der Waals surface area (Å²) in [7, 11) is 0. The first-order valence-corrected chi connectivity index (χ1v) is 9.20. The van der Waals surface area contributed by atoms with Gasteiger partial charge in [-0.05, 0) is 38.0 Å². The lowest BCUT2D eigenvalue weighted by molar-refractivity contribution is -0.137. The molecular weight excluding hydrogens is 320 g/mol. The molecule has 0 bridgehead atoms. The van der Waals surface area contributed by atoms with Gasteiger partial charge in [-0.25, -0.2) is 0 Å². The van der Waals surface area contributed by atoms with Crippen molar-refractivity contribution in [2.75, 3.05) is 0 Å². The predicted octanol–water partition coefficient (Wildman–Crippen LogP) is 2.82. The highest BCUT2D eigenvalue weighted by molar-refractivity contribution is 5.66. The fraction of sp³-hybridized carbons (Fsp3) is 0.650. The van der Waals surface area contributed by atoms with Crippen molar-refractivity contribution in [3.63, 3.8) is 0 Å². The zero-order valence-corrected chi connectivity index (χ0v) is 15.0. The summed E-state index contributed by atoms with van der Waals surface area (Å²) in [6.07, 6.45) is 13.5. The molecule has 0 radical (unpaired) electrons. The molecule has 0 heterocycles. The Bertz CT molecular complexity index is 469. The summed E-state index contributed by atoms with van der Waals surface area (Å²) < 4.78 is 0. The summed E-state index contributed by atoms with van der Waals surface area (Å²) in [4.78, 5) is 10.5. The zero-order chi connectivity index (χ0) is 18.7. The molecule has 1 rings (SSSR count). The first-order chi connectivity index (χ1) is 12.0. The minimum atomic E-state index is -0.791. The summed E-state index contributed by atoms with van der Waals surface area (Å²) in [6, 6.07) is 0. The van der Waals surface area contributed by atoms with Gasteiger partial charge in [0.25, 0.3) is 0 Å². The SMILES string of the molecule is CC/C=C/C[C@@H](O)/C=C/[C@@H]1[C@@H](C/C=C\CCCC(=O)O)[C@@H](O)C[C@@H]1O. The van der Waals surface area contributed by atoms with E-state index in [1.54, 1.807) is 6.08 Å². The number of aliphatic hydroxyl groups excluding tert-OH is 3. The molecule has 4 N–H and O–H groups in total. The Morgan fingerprint density at radius 3 is 2.60 bits per heavy atom. The van der Waals surface area contributed by atoms with E-state index in [1.807, 2.05) is 37.3 Å². The van der Waals surface area contributed by atoms with Crippen LogP contribution in [0.25, 0.3) is 0 Å². The predicted molar refractivity (Wildman–Crippen MR) is 98.0 cm³/mol. The van der Waals surface area contributed by atoms with E-state index in [0.29, 0.717) is 32.1 Å². The smallest absolute Gasteiger partial charge is 0.303 e. The Balaban J connectivity index is 2.50. The van der Waals surface area contributed by atoms with Crippen LogP contribution in [0.1, 0.15) is 51.9 Å². The van der Waals surface area contributed by atoms with E-state index in [0.717, 1.165) is 6.42 Å². The fourth-order valence-electron chi connectivity index (χ4n) is 3.19. The molecule has 5 nitrogen and oxygen atoms in total. The average Bonchev–Trinajstić information content (AvgIpc) is 2.82. The van der Waals surface area contributed by atoms with Gasteiger partial charge in [0.2, 0.25) is 0 Å². The highest BCUT2D eigenvalue weighted by Crippen LogP contribution is 2.36. The fourth-order valence-corrected chi connectivity index (χ4v) is 3.19. The maximum atomic E-state index is 10.5. The third-order valence-electron chi connectivity index (χ3n) is 4.59. The van der Waals surface area contributed by atoms with Crippen LogP contribution in [0, 0.1) is 11.8 Å². The van der Waals surface area contributed by atoms with Crippen molar-refractivity contribution < 1.29 is 25.2 Å². The van der Waals surface area contributed by atoms with Crippen molar-refractivity contribution in [2.45, 2.75) is 70.2 Å². The van der Waals surface area contributed by atoms with Gasteiger partial charge in [0.05, 0.1) is 18.3 Å². The van der Waals surface area contributed by atoms with Crippen molar-refractivity contribution in [1.82, 2.24) is 0 Å². The molecule has 0 unspecified atom stereocenters. The minimum absolute atomic E-state index is 0.0830. The van der Waals surface area contributed by atoms with Gasteiger partial charge < -0.3 is 20.4 Å². The highest BCUT2D eigenvalue weighted by atomic mass is 16.4. The van der Waals surface area contributed by atoms with Gasteiger partial charge >= 0.3 is 5.97 Å². The standard InChI is InChI=1S/C20H32O5/c1-2-3-6-9-15(21)12-13-17-16(18(22)14-19(17)23)10-7-4-5-8-11-20(24)25/h3-4,6-7,12-13,15-19,21-23H,2,5,8-11,14H2,1H3,(H,24,25)/b6-3+,7-4-,13-12+/t15-,16-,17-,18+,19+/m1/s1. The van der Waals surface area contributed by atoms with E-state index >= 15 is 0 Å². The second-order valence-corrected chi connectivity index (χ2v) is 6.67. The van der Waals surface area contributed by atoms with Crippen molar-refractivity contribution in [1.29, 1.82) is 0 Å². The van der Waals surface area contributed by atoms with Crippen LogP contribution in [0.3, 0.4) is 0 Å². The number of unbranched alkanes of at least 4 members (excludes halogenated alkanes) is 1. The molecule has 25 heavy (non-hydrogen) atoms. The third-order valence-corrected chi connectivity index (χ3v) is 4.59. The van der Waals surface area contributed by atoms with Crippen LogP contribution in [0.2, 0.25) is 0 Å². The number of aliphatic carboxylic acids is 1. The molecule has 1 aliphatic rings. The molecule has 1 saturated carbocycles. The van der Waals surface area contributed by atoms with Gasteiger partial charge in [-0.15, -0.1) is 0 Å². The molecule has 5 heteroatoms. The first-order valence-electron chi connectivity index (χ1n) is 9.20. The molecule has 0 saturated heterocycles. The number of hydrogen-bond donors (Lipinski definition) is 4. The Kier molecular flexibility index (Phi) is 10.4. The molecule has 5 atom stereocenters. The number of rotatable bonds is 11. The Morgan fingerprint density at radius 1 is 1.16 bits per heavy atom. The molecule has 0 amide bonds. The number of allylic oxidation sites excluding steroid dienone is 3. The van der Waals surface area contributed by atoms with Crippen LogP contribution >= 0.6 is 0 Å². The summed E-state index contributed by atoms with van der Waals surface area (Å²) in [6.45, 7) is 2.04. The van der Waals surface area contributed by atoms with Gasteiger partial charge in [0, 0.05) is 18.8 Å². The maximum Gasteiger partial charge on any atom is 0.303 e. The lowest BCUT2D eigenvalue weighted by atomic mass is 9.89. The van der Waals surface area contributed by atoms with Gasteiger partial charge in [-0.3, -0.25) is 4.79 Å². The quantitative estimate of drug-likeness (QED) is 0.339. The molecule has 1 aliphatic carbocycles. The number of aliphatic hydroxyl groups is 3. The van der Waals surface area contributed by atoms with Crippen LogP contribution < -0.4 is 0 Å². The summed E-state index contributed by atoms with van der Waals surface area (Å²) in [5.74, 6) is -1.05. The maximum absolute atomic E-state index is 10.5. The Labute approximate surface area is 150 Å². The monoisotopic (exact) mass is 352 g/mol. The van der Waals surface area contributed by atoms with Gasteiger partial charge in [0.15, 0.2) is 0 Å². The molecule has 0 aromatic heterocycles. The molecule has 142 valence electrons. The number of carboxylic acids is 1. The lowest BCUT2D eigenvalue weighted by Gasteiger charge is -2.19. The van der Waals surface area contributed by atoms with E-state index in [-0.39, 0.29) is 18.3 Å². The second-order valence-electron chi connectivity index (χ2n) is 6.67. The number of hydrogen-bond acceptors (Lipinski definition) is 4. The van der Waals surface area contributed by atoms with Gasteiger partial charge in [-0.2, -0.15) is 0 Å². The normalized spacial score (nSPS) is 28.5. The van der Waals surface area contributed by atoms with Crippen LogP contribution in [-0.4, -0.2) is 44.7 Å². The molecular formula is C20H32O5. The molecule has 1 fully saturated rings. The van der Waals surface area contributed by atoms with Crippen molar-refractivity contribution in [3.8, 4) is 0 Å². The highest BCUT2D eigenvalue weighted by Gasteiger charge is 2.39. The van der Waals surface area contributed by atoms with Gasteiger partial charge in [0.1, 0.15) is 0 Å². The van der Waals surface area contributed by atoms with Crippen molar-refractivity contribution >= 4 is 5.97 Å². The lowest BCUT2D eigenvalue weighted by Crippen LogP contribution is -2.20. The average molecular weight is 352 g/mol. The van der Waals surface area contributed by atoms with E-state index < -0.39 is 24.3 Å². The summed E-state index contributed by atoms with van der Waals surface area (Å²) in [5, 5.41) is 38.9. The Morgan fingerprint density at radius 2 is 1.92 bits per heavy atom. The van der Waals surface area contributed by atoms with Gasteiger partial charge in [-0.1, -0.05) is 43.4 Å². The molecule has 0 aromatic rings. The van der Waals surface area contributed by atoms with Crippen LogP contribution in [0.5, 0.6) is 0 Å². The zero-order valence-electron chi connectivity index (χ0n) is 15.0. The molecule has 0 aliphatic heterocycles. The van der Waals surface area contributed by atoms with E-state index in [4.69, 9.17) is 5.11 Å².